The molecule has 1 atom stereocenters. The van der Waals surface area contributed by atoms with E-state index < -0.39 is 5.97 Å². The second kappa shape index (κ2) is 5.49. The lowest BCUT2D eigenvalue weighted by atomic mass is 10.2. The molecule has 0 aromatic carbocycles. The normalized spacial score (nSPS) is 12.3. The van der Waals surface area contributed by atoms with Crippen LogP contribution < -0.4 is 0 Å². The average molecular weight is 224 g/mol. The van der Waals surface area contributed by atoms with Gasteiger partial charge < -0.3 is 5.11 Å². The van der Waals surface area contributed by atoms with Crippen LogP contribution >= 0.6 is 11.3 Å². The summed E-state index contributed by atoms with van der Waals surface area (Å²) in [4.78, 5) is 16.5. The Kier molecular flexibility index (Phi) is 4.28. The van der Waals surface area contributed by atoms with Gasteiger partial charge in [0.1, 0.15) is 0 Å². The topological polar surface area (TPSA) is 53.4 Å². The van der Waals surface area contributed by atoms with E-state index in [0.717, 1.165) is 5.69 Å². The summed E-state index contributed by atoms with van der Waals surface area (Å²) < 4.78 is 0. The predicted octanol–water partition coefficient (Wildman–Crippen LogP) is 1.22. The van der Waals surface area contributed by atoms with Crippen molar-refractivity contribution in [1.82, 2.24) is 9.88 Å². The predicted molar refractivity (Wildman–Crippen MR) is 58.6 cm³/mol. The van der Waals surface area contributed by atoms with E-state index in [2.05, 4.69) is 10.9 Å². The molecule has 15 heavy (non-hydrogen) atoms. The van der Waals surface area contributed by atoms with Gasteiger partial charge in [0.05, 0.1) is 30.3 Å². The van der Waals surface area contributed by atoms with Crippen LogP contribution in [0.2, 0.25) is 0 Å². The summed E-state index contributed by atoms with van der Waals surface area (Å²) in [5, 5.41) is 10.6. The van der Waals surface area contributed by atoms with Crippen molar-refractivity contribution in [2.75, 3.05) is 13.1 Å². The number of hydrogen-bond donors (Lipinski definition) is 1. The number of rotatable bonds is 5. The summed E-state index contributed by atoms with van der Waals surface area (Å²) in [6.45, 7) is 2.14. The van der Waals surface area contributed by atoms with E-state index in [1.165, 1.54) is 11.3 Å². The molecule has 5 heteroatoms. The molecule has 0 saturated carbocycles. The molecule has 0 bridgehead atoms. The summed E-state index contributed by atoms with van der Waals surface area (Å²) in [7, 11) is 0. The van der Waals surface area contributed by atoms with Gasteiger partial charge in [-0.25, -0.2) is 4.98 Å². The van der Waals surface area contributed by atoms with Crippen LogP contribution in [0, 0.1) is 12.3 Å². The van der Waals surface area contributed by atoms with Crippen molar-refractivity contribution in [1.29, 1.82) is 0 Å². The van der Waals surface area contributed by atoms with E-state index in [4.69, 9.17) is 11.5 Å². The molecule has 0 saturated heterocycles. The maximum atomic E-state index is 10.6. The van der Waals surface area contributed by atoms with Crippen LogP contribution in [0.5, 0.6) is 0 Å². The Morgan fingerprint density at radius 2 is 2.60 bits per heavy atom. The Balaban J connectivity index is 2.71. The summed E-state index contributed by atoms with van der Waals surface area (Å²) in [5.74, 6) is 1.57. The molecule has 0 amide bonds. The Morgan fingerprint density at radius 3 is 3.07 bits per heavy atom. The number of carbonyl (C=O) groups is 1. The molecule has 0 fully saturated rings. The van der Waals surface area contributed by atoms with Gasteiger partial charge in [0.2, 0.25) is 0 Å². The SMILES string of the molecule is C#CCN(CC(=O)O)C(C)c1cscn1. The van der Waals surface area contributed by atoms with Crippen LogP contribution in [-0.4, -0.2) is 34.0 Å². The third-order valence-electron chi connectivity index (χ3n) is 2.06. The zero-order chi connectivity index (χ0) is 11.3. The first-order valence-electron chi connectivity index (χ1n) is 4.42. The van der Waals surface area contributed by atoms with E-state index in [-0.39, 0.29) is 12.6 Å². The van der Waals surface area contributed by atoms with Crippen LogP contribution in [0.1, 0.15) is 18.7 Å². The van der Waals surface area contributed by atoms with Gasteiger partial charge in [-0.2, -0.15) is 0 Å². The molecular formula is C10H12N2O2S. The van der Waals surface area contributed by atoms with Gasteiger partial charge in [0, 0.05) is 5.38 Å². The third-order valence-corrected chi connectivity index (χ3v) is 2.66. The lowest BCUT2D eigenvalue weighted by molar-refractivity contribution is -0.138. The van der Waals surface area contributed by atoms with E-state index >= 15 is 0 Å². The first-order chi connectivity index (χ1) is 7.15. The van der Waals surface area contributed by atoms with Crippen LogP contribution in [0.3, 0.4) is 0 Å². The van der Waals surface area contributed by atoms with Crippen molar-refractivity contribution in [2.45, 2.75) is 13.0 Å². The number of nitrogens with zero attached hydrogens (tertiary/aromatic N) is 2. The molecule has 1 aromatic rings. The van der Waals surface area contributed by atoms with Gasteiger partial charge >= 0.3 is 5.97 Å². The number of carboxylic acid groups (broad SMARTS) is 1. The fraction of sp³-hybridized carbons (Fsp3) is 0.400. The van der Waals surface area contributed by atoms with Gasteiger partial charge in [0.25, 0.3) is 0 Å². The van der Waals surface area contributed by atoms with Gasteiger partial charge in [-0.3, -0.25) is 9.69 Å². The molecule has 0 aliphatic heterocycles. The second-order valence-corrected chi connectivity index (χ2v) is 3.81. The van der Waals surface area contributed by atoms with Crippen molar-refractivity contribution >= 4 is 17.3 Å². The largest absolute Gasteiger partial charge is 0.480 e. The third kappa shape index (κ3) is 3.35. The zero-order valence-corrected chi connectivity index (χ0v) is 9.20. The highest BCUT2D eigenvalue weighted by Crippen LogP contribution is 2.18. The summed E-state index contributed by atoms with van der Waals surface area (Å²) in [6.07, 6.45) is 5.19. The number of hydrogen-bond acceptors (Lipinski definition) is 4. The quantitative estimate of drug-likeness (QED) is 0.764. The first-order valence-corrected chi connectivity index (χ1v) is 5.36. The molecule has 1 unspecified atom stereocenters. The van der Waals surface area contributed by atoms with Gasteiger partial charge in [0.15, 0.2) is 0 Å². The van der Waals surface area contributed by atoms with Gasteiger partial charge in [-0.15, -0.1) is 17.8 Å². The summed E-state index contributed by atoms with van der Waals surface area (Å²) in [5.41, 5.74) is 2.58. The minimum atomic E-state index is -0.882. The van der Waals surface area contributed by atoms with Gasteiger partial charge in [-0.05, 0) is 6.92 Å². The average Bonchev–Trinajstić information content (AvgIpc) is 2.68. The standard InChI is InChI=1S/C10H12N2O2S/c1-3-4-12(5-10(13)14)8(2)9-6-15-7-11-9/h1,6-8H,4-5H2,2H3,(H,13,14). The maximum Gasteiger partial charge on any atom is 0.317 e. The van der Waals surface area contributed by atoms with E-state index in [1.54, 1.807) is 10.4 Å². The molecular weight excluding hydrogens is 212 g/mol. The molecule has 1 N–H and O–H groups in total. The zero-order valence-electron chi connectivity index (χ0n) is 8.38. The highest BCUT2D eigenvalue weighted by Gasteiger charge is 2.18. The molecule has 4 nitrogen and oxygen atoms in total. The molecule has 0 radical (unpaired) electrons. The van der Waals surface area contributed by atoms with Crippen molar-refractivity contribution < 1.29 is 9.90 Å². The Hall–Kier alpha value is -1.38. The molecule has 0 spiro atoms. The number of terminal acetylenes is 1. The van der Waals surface area contributed by atoms with Crippen LogP contribution in [-0.2, 0) is 4.79 Å². The second-order valence-electron chi connectivity index (χ2n) is 3.09. The molecule has 1 aromatic heterocycles. The van der Waals surface area contributed by atoms with Crippen LogP contribution in [0.4, 0.5) is 0 Å². The monoisotopic (exact) mass is 224 g/mol. The first kappa shape index (κ1) is 11.7. The minimum Gasteiger partial charge on any atom is -0.480 e. The fourth-order valence-corrected chi connectivity index (χ4v) is 1.88. The van der Waals surface area contributed by atoms with Gasteiger partial charge in [-0.1, -0.05) is 5.92 Å². The van der Waals surface area contributed by atoms with E-state index in [1.807, 2.05) is 12.3 Å². The molecule has 1 rings (SSSR count). The highest BCUT2D eigenvalue weighted by molar-refractivity contribution is 7.07. The van der Waals surface area contributed by atoms with E-state index in [9.17, 15) is 4.79 Å². The van der Waals surface area contributed by atoms with Crippen molar-refractivity contribution in [3.8, 4) is 12.3 Å². The molecule has 0 aliphatic rings. The number of aliphatic carboxylic acids is 1. The van der Waals surface area contributed by atoms with Crippen molar-refractivity contribution in [3.63, 3.8) is 0 Å². The minimum absolute atomic E-state index is 0.0663. The Morgan fingerprint density at radius 1 is 1.87 bits per heavy atom. The summed E-state index contributed by atoms with van der Waals surface area (Å²) in [6, 6.07) is -0.0663. The lowest BCUT2D eigenvalue weighted by Crippen LogP contribution is -2.32. The smallest absolute Gasteiger partial charge is 0.317 e. The summed E-state index contributed by atoms with van der Waals surface area (Å²) >= 11 is 1.49. The van der Waals surface area contributed by atoms with Crippen molar-refractivity contribution in [3.05, 3.63) is 16.6 Å². The van der Waals surface area contributed by atoms with Crippen LogP contribution in [0.25, 0.3) is 0 Å². The molecule has 1 heterocycles. The highest BCUT2D eigenvalue weighted by atomic mass is 32.1. The Labute approximate surface area is 92.6 Å². The number of thiazole rings is 1. The van der Waals surface area contributed by atoms with Crippen LogP contribution in [0.15, 0.2) is 10.9 Å². The molecule has 80 valence electrons. The van der Waals surface area contributed by atoms with E-state index in [0.29, 0.717) is 6.54 Å². The Bertz CT molecular complexity index is 356. The van der Waals surface area contributed by atoms with Crippen molar-refractivity contribution in [2.24, 2.45) is 0 Å². The lowest BCUT2D eigenvalue weighted by Gasteiger charge is -2.23. The number of aromatic nitrogens is 1. The molecule has 0 aliphatic carbocycles. The maximum absolute atomic E-state index is 10.6. The number of carboxylic acids is 1. The fourth-order valence-electron chi connectivity index (χ4n) is 1.24.